The Balaban J connectivity index is 0.000000509. The first kappa shape index (κ1) is 27.5. The van der Waals surface area contributed by atoms with E-state index in [1.165, 1.54) is 17.0 Å². The fraction of sp³-hybridized carbons (Fsp3) is 0.435. The van der Waals surface area contributed by atoms with E-state index in [0.29, 0.717) is 0 Å². The van der Waals surface area contributed by atoms with E-state index >= 15 is 0 Å². The van der Waals surface area contributed by atoms with Gasteiger partial charge in [0, 0.05) is 4.75 Å². The molecule has 0 aromatic heterocycles. The van der Waals surface area contributed by atoms with E-state index in [2.05, 4.69) is 5.87 Å². The number of hydrogen-bond donors (Lipinski definition) is 2. The number of ketones is 1. The Morgan fingerprint density at radius 2 is 1.65 bits per heavy atom. The minimum atomic E-state index is -3.82. The molecule has 2 heterocycles. The third kappa shape index (κ3) is 5.30. The second kappa shape index (κ2) is 9.46. The molecule has 34 heavy (non-hydrogen) atoms. The van der Waals surface area contributed by atoms with Crippen LogP contribution >= 0.6 is 10.5 Å². The van der Waals surface area contributed by atoms with Gasteiger partial charge in [-0.2, -0.15) is 10.5 Å². The molecular weight excluding hydrogens is 482 g/mol. The molecule has 1 amide bonds. The minimum Gasteiger partial charge on any atom is -0.481 e. The molecule has 2 fully saturated rings. The summed E-state index contributed by atoms with van der Waals surface area (Å²) >= 11 is 0. The first-order valence-corrected chi connectivity index (χ1v) is 13.4. The number of β-lactam (4-membered cyclic amide) rings is 1. The van der Waals surface area contributed by atoms with Crippen LogP contribution in [0.15, 0.2) is 46.9 Å². The molecule has 2 N–H and O–H groups in total. The molecule has 2 aliphatic rings. The van der Waals surface area contributed by atoms with E-state index in [4.69, 9.17) is 5.11 Å². The highest BCUT2D eigenvalue weighted by Crippen LogP contribution is 2.56. The number of hydrogen-bond acceptors (Lipinski definition) is 6. The molecule has 9 nitrogen and oxygen atoms in total. The molecule has 3 atom stereocenters. The Bertz CT molecular complexity index is 1180. The maximum absolute atomic E-state index is 12.4. The topological polar surface area (TPSA) is 146 Å². The van der Waals surface area contributed by atoms with Crippen LogP contribution in [0.2, 0.25) is 0 Å². The van der Waals surface area contributed by atoms with Gasteiger partial charge in [0.2, 0.25) is 0 Å². The lowest BCUT2D eigenvalue weighted by Crippen LogP contribution is -2.58. The number of carbonyl (C=O) groups excluding carboxylic acids is 2. The molecule has 1 aromatic carbocycles. The number of rotatable bonds is 5. The monoisotopic (exact) mass is 511 g/mol. The summed E-state index contributed by atoms with van der Waals surface area (Å²) in [4.78, 5) is 47.6. The Kier molecular flexibility index (Phi) is 7.64. The number of allylic oxidation sites excluding steroid dienone is 1. The third-order valence-electron chi connectivity index (χ3n) is 5.51. The van der Waals surface area contributed by atoms with Gasteiger partial charge in [-0.05, 0) is 52.8 Å². The van der Waals surface area contributed by atoms with Crippen LogP contribution < -0.4 is 0 Å². The maximum atomic E-state index is 12.4. The molecule has 1 aromatic rings. The number of benzene rings is 1. The molecule has 2 aliphatic heterocycles. The van der Waals surface area contributed by atoms with Gasteiger partial charge < -0.3 is 15.1 Å². The predicted molar refractivity (Wildman–Crippen MR) is 130 cm³/mol. The van der Waals surface area contributed by atoms with Gasteiger partial charge in [-0.1, -0.05) is 24.1 Å². The highest BCUT2D eigenvalue weighted by Gasteiger charge is 2.62. The maximum Gasteiger partial charge on any atom is 0.327 e. The highest BCUT2D eigenvalue weighted by atomic mass is 32.2. The first-order chi connectivity index (χ1) is 15.4. The van der Waals surface area contributed by atoms with Gasteiger partial charge >= 0.3 is 11.9 Å². The van der Waals surface area contributed by atoms with E-state index in [0.717, 1.165) is 6.08 Å². The number of nitrogens with zero attached hydrogens (tertiary/aromatic N) is 1. The minimum absolute atomic E-state index is 0.0307. The van der Waals surface area contributed by atoms with Crippen LogP contribution in [0.25, 0.3) is 0 Å². The van der Waals surface area contributed by atoms with E-state index in [1.807, 2.05) is 0 Å². The summed E-state index contributed by atoms with van der Waals surface area (Å²) in [6.45, 7) is 8.44. The van der Waals surface area contributed by atoms with Gasteiger partial charge in [-0.15, -0.1) is 0 Å². The van der Waals surface area contributed by atoms with Crippen LogP contribution in [0.5, 0.6) is 0 Å². The van der Waals surface area contributed by atoms with Crippen LogP contribution in [-0.2, 0) is 29.0 Å². The fourth-order valence-corrected chi connectivity index (χ4v) is 6.66. The zero-order valence-corrected chi connectivity index (χ0v) is 21.3. The predicted octanol–water partition coefficient (Wildman–Crippen LogP) is 2.19. The Morgan fingerprint density at radius 1 is 1.15 bits per heavy atom. The summed E-state index contributed by atoms with van der Waals surface area (Å²) in [7, 11) is -4.56. The normalized spacial score (nSPS) is 24.5. The number of fused-ring (bicyclic) bond motifs is 1. The van der Waals surface area contributed by atoms with E-state index in [-0.39, 0.29) is 10.5 Å². The van der Waals surface area contributed by atoms with E-state index in [9.17, 15) is 32.7 Å². The quantitative estimate of drug-likeness (QED) is 0.347. The molecule has 2 saturated heterocycles. The second-order valence-corrected chi connectivity index (χ2v) is 13.9. The molecular formula is C23H29NO8S2. The molecule has 1 unspecified atom stereocenters. The van der Waals surface area contributed by atoms with Crippen molar-refractivity contribution < 1.29 is 37.8 Å². The highest BCUT2D eigenvalue weighted by molar-refractivity contribution is 8.16. The van der Waals surface area contributed by atoms with Crippen molar-refractivity contribution in [2.45, 2.75) is 55.7 Å². The molecule has 186 valence electrons. The summed E-state index contributed by atoms with van der Waals surface area (Å²) in [6.07, 6.45) is 1.04. The largest absolute Gasteiger partial charge is 0.481 e. The summed E-state index contributed by atoms with van der Waals surface area (Å²) < 4.78 is 23.9. The lowest BCUT2D eigenvalue weighted by Gasteiger charge is -2.39. The van der Waals surface area contributed by atoms with E-state index in [1.54, 1.807) is 52.8 Å². The van der Waals surface area contributed by atoms with Crippen molar-refractivity contribution in [3.63, 3.8) is 0 Å². The Morgan fingerprint density at radius 3 is 2.09 bits per heavy atom. The number of amides is 1. The number of sulfone groups is 1. The molecule has 11 heteroatoms. The molecule has 3 rings (SSSR count). The average molecular weight is 512 g/mol. The van der Waals surface area contributed by atoms with Gasteiger partial charge in [-0.25, -0.2) is 13.2 Å². The number of aliphatic carboxylic acids is 2. The molecule has 0 spiro atoms. The summed E-state index contributed by atoms with van der Waals surface area (Å²) in [6, 6.07) is 6.57. The Hall–Kier alpha value is -2.79. The SMILES string of the molecule is C=S1[C@@H]2C(=CC(=O)CS(=O)(=O)c3ccccc3)C(=O)N2[C@@H](C(=O)O)C1(C)C.CC(C)(C)C(=O)O. The van der Waals surface area contributed by atoms with Crippen molar-refractivity contribution in [1.82, 2.24) is 4.90 Å². The molecule has 0 aliphatic carbocycles. The van der Waals surface area contributed by atoms with Gasteiger partial charge in [-0.3, -0.25) is 14.4 Å². The zero-order chi connectivity index (χ0) is 26.2. The molecule has 0 bridgehead atoms. The lowest BCUT2D eigenvalue weighted by molar-refractivity contribution is -0.152. The van der Waals surface area contributed by atoms with Crippen LogP contribution in [0.3, 0.4) is 0 Å². The standard InChI is InChI=1S/C18H19NO6S2.C5H10O2/c1-18(2)14(17(22)23)19-15(21)13(16(19)26(18)3)9-11(20)10-27(24,25)12-7-5-4-6-8-12;1-5(2,3)4(6)7/h4-9,14,16H,3,10H2,1-2H3,(H,22,23);1-3H3,(H,6,7)/t14-,16+,26?;/m0./s1. The third-order valence-corrected chi connectivity index (χ3v) is 9.76. The smallest absolute Gasteiger partial charge is 0.327 e. The first-order valence-electron chi connectivity index (χ1n) is 10.3. The Labute approximate surface area is 201 Å². The van der Waals surface area contributed by atoms with Crippen molar-refractivity contribution in [2.24, 2.45) is 5.41 Å². The van der Waals surface area contributed by atoms with Crippen LogP contribution in [-0.4, -0.2) is 74.9 Å². The summed E-state index contributed by atoms with van der Waals surface area (Å²) in [5.74, 6) is 0.130. The number of carboxylic acids is 2. The van der Waals surface area contributed by atoms with Gasteiger partial charge in [0.15, 0.2) is 15.6 Å². The number of carbonyl (C=O) groups is 4. The average Bonchev–Trinajstić information content (AvgIpc) is 2.90. The van der Waals surface area contributed by atoms with Crippen molar-refractivity contribution in [3.05, 3.63) is 42.0 Å². The van der Waals surface area contributed by atoms with Crippen LogP contribution in [0.1, 0.15) is 34.6 Å². The molecule has 0 saturated carbocycles. The van der Waals surface area contributed by atoms with Crippen LogP contribution in [0, 0.1) is 5.41 Å². The summed E-state index contributed by atoms with van der Waals surface area (Å²) in [5.41, 5.74) is -0.446. The van der Waals surface area contributed by atoms with Gasteiger partial charge in [0.1, 0.15) is 17.2 Å². The van der Waals surface area contributed by atoms with E-state index < -0.39 is 71.3 Å². The second-order valence-electron chi connectivity index (χ2n) is 9.53. The van der Waals surface area contributed by atoms with Crippen molar-refractivity contribution in [2.75, 3.05) is 5.75 Å². The van der Waals surface area contributed by atoms with Gasteiger partial charge in [0.25, 0.3) is 5.91 Å². The summed E-state index contributed by atoms with van der Waals surface area (Å²) in [5, 5.41) is 17.1. The van der Waals surface area contributed by atoms with Crippen LogP contribution in [0.4, 0.5) is 0 Å². The number of carboxylic acid groups (broad SMARTS) is 2. The van der Waals surface area contributed by atoms with Crippen molar-refractivity contribution in [1.29, 1.82) is 0 Å². The fourth-order valence-electron chi connectivity index (χ4n) is 3.42. The molecule has 0 radical (unpaired) electrons. The van der Waals surface area contributed by atoms with Crippen molar-refractivity contribution >= 4 is 49.8 Å². The lowest BCUT2D eigenvalue weighted by atomic mass is 9.95. The zero-order valence-electron chi connectivity index (χ0n) is 19.6. The van der Waals surface area contributed by atoms with Crippen molar-refractivity contribution in [3.8, 4) is 0 Å². The van der Waals surface area contributed by atoms with Gasteiger partial charge in [0.05, 0.1) is 15.9 Å².